The number of ether oxygens (including phenoxy) is 1. The van der Waals surface area contributed by atoms with Crippen LogP contribution in [0.15, 0.2) is 41.6 Å². The molecule has 2 rings (SSSR count). The first-order chi connectivity index (χ1) is 10.9. The second kappa shape index (κ2) is 6.66. The van der Waals surface area contributed by atoms with Gasteiger partial charge in [-0.25, -0.2) is 9.78 Å². The normalized spacial score (nSPS) is 11.0. The van der Waals surface area contributed by atoms with Crippen LogP contribution in [0.2, 0.25) is 0 Å². The van der Waals surface area contributed by atoms with Crippen LogP contribution in [-0.4, -0.2) is 31.6 Å². The van der Waals surface area contributed by atoms with Gasteiger partial charge < -0.3 is 9.84 Å². The number of aryl methyl sites for hydroxylation is 1. The summed E-state index contributed by atoms with van der Waals surface area (Å²) < 4.78 is 32.1. The van der Waals surface area contributed by atoms with Crippen molar-refractivity contribution in [1.82, 2.24) is 4.98 Å². The van der Waals surface area contributed by atoms with Crippen molar-refractivity contribution in [1.29, 1.82) is 0 Å². The average Bonchev–Trinajstić information content (AvgIpc) is 2.54. The monoisotopic (exact) mass is 336 g/mol. The second-order valence-corrected chi connectivity index (χ2v) is 6.24. The third-order valence-electron chi connectivity index (χ3n) is 3.20. The zero-order chi connectivity index (χ0) is 17.0. The first-order valence-electron chi connectivity index (χ1n) is 6.77. The Morgan fingerprint density at radius 2 is 2.04 bits per heavy atom. The molecular formula is C15H16N2O5S. The smallest absolute Gasteiger partial charge is 0.341 e. The second-order valence-electron chi connectivity index (χ2n) is 4.61. The summed E-state index contributed by atoms with van der Waals surface area (Å²) in [6, 6.07) is 7.47. The number of pyridine rings is 1. The summed E-state index contributed by atoms with van der Waals surface area (Å²) in [4.78, 5) is 15.3. The fourth-order valence-corrected chi connectivity index (χ4v) is 3.16. The Labute approximate surface area is 134 Å². The van der Waals surface area contributed by atoms with Gasteiger partial charge in [0.1, 0.15) is 11.3 Å². The number of nitrogens with one attached hydrogen (secondary N) is 1. The standard InChI is InChI=1S/C15H16N2O5S/c1-3-10-7-8-11(13(15(18)19)14(10)22-2)17-23(20,21)12-6-4-5-9-16-12/h4-9,17H,3H2,1-2H3,(H,18,19). The summed E-state index contributed by atoms with van der Waals surface area (Å²) in [6.45, 7) is 1.85. The lowest BCUT2D eigenvalue weighted by molar-refractivity contribution is 0.0694. The fourth-order valence-electron chi connectivity index (χ4n) is 2.14. The van der Waals surface area contributed by atoms with Crippen molar-refractivity contribution in [2.75, 3.05) is 11.8 Å². The number of sulfonamides is 1. The molecule has 2 aromatic rings. The molecule has 0 spiro atoms. The summed E-state index contributed by atoms with van der Waals surface area (Å²) in [7, 11) is -2.65. The highest BCUT2D eigenvalue weighted by molar-refractivity contribution is 7.92. The Morgan fingerprint density at radius 1 is 1.30 bits per heavy atom. The maximum absolute atomic E-state index is 12.3. The van der Waals surface area contributed by atoms with Gasteiger partial charge in [0, 0.05) is 6.20 Å². The van der Waals surface area contributed by atoms with Crippen LogP contribution in [0.25, 0.3) is 0 Å². The van der Waals surface area contributed by atoms with E-state index in [1.807, 2.05) is 6.92 Å². The van der Waals surface area contributed by atoms with Crippen LogP contribution in [-0.2, 0) is 16.4 Å². The van der Waals surface area contributed by atoms with Gasteiger partial charge in [0.05, 0.1) is 12.8 Å². The highest BCUT2D eigenvalue weighted by Crippen LogP contribution is 2.32. The molecule has 1 aromatic carbocycles. The van der Waals surface area contributed by atoms with Crippen molar-refractivity contribution >= 4 is 21.7 Å². The summed E-state index contributed by atoms with van der Waals surface area (Å²) in [5.41, 5.74) is 0.370. The molecule has 0 aliphatic rings. The molecule has 0 atom stereocenters. The van der Waals surface area contributed by atoms with Gasteiger partial charge in [-0.3, -0.25) is 4.72 Å². The van der Waals surface area contributed by atoms with E-state index in [1.54, 1.807) is 12.1 Å². The van der Waals surface area contributed by atoms with Gasteiger partial charge in [-0.15, -0.1) is 0 Å². The molecule has 0 bridgehead atoms. The summed E-state index contributed by atoms with van der Waals surface area (Å²) in [5.74, 6) is -1.14. The minimum absolute atomic E-state index is 0.0720. The Bertz CT molecular complexity index is 819. The van der Waals surface area contributed by atoms with Gasteiger partial charge in [-0.2, -0.15) is 8.42 Å². The molecule has 0 saturated heterocycles. The first-order valence-corrected chi connectivity index (χ1v) is 8.26. The van der Waals surface area contributed by atoms with Crippen LogP contribution in [0.4, 0.5) is 5.69 Å². The Kier molecular flexibility index (Phi) is 4.85. The van der Waals surface area contributed by atoms with Crippen molar-refractivity contribution in [2.45, 2.75) is 18.4 Å². The third kappa shape index (κ3) is 3.42. The van der Waals surface area contributed by atoms with E-state index in [1.165, 1.54) is 31.5 Å². The van der Waals surface area contributed by atoms with Gasteiger partial charge in [0.2, 0.25) is 0 Å². The Balaban J connectivity index is 2.54. The van der Waals surface area contributed by atoms with E-state index in [0.29, 0.717) is 12.0 Å². The number of anilines is 1. The van der Waals surface area contributed by atoms with Crippen LogP contribution in [0.3, 0.4) is 0 Å². The number of carboxylic acids is 1. The molecule has 23 heavy (non-hydrogen) atoms. The van der Waals surface area contributed by atoms with Crippen molar-refractivity contribution in [3.05, 3.63) is 47.7 Å². The number of aromatic nitrogens is 1. The third-order valence-corrected chi connectivity index (χ3v) is 4.48. The molecule has 0 aliphatic heterocycles. The Hall–Kier alpha value is -2.61. The van der Waals surface area contributed by atoms with Crippen molar-refractivity contribution in [2.24, 2.45) is 0 Å². The van der Waals surface area contributed by atoms with Gasteiger partial charge >= 0.3 is 5.97 Å². The predicted octanol–water partition coefficient (Wildman–Crippen LogP) is 2.15. The zero-order valence-corrected chi connectivity index (χ0v) is 13.4. The molecule has 0 radical (unpaired) electrons. The van der Waals surface area contributed by atoms with Crippen LogP contribution < -0.4 is 9.46 Å². The Morgan fingerprint density at radius 3 is 2.57 bits per heavy atom. The van der Waals surface area contributed by atoms with E-state index in [0.717, 1.165) is 0 Å². The number of benzene rings is 1. The van der Waals surface area contributed by atoms with Crippen LogP contribution in [0.1, 0.15) is 22.8 Å². The molecule has 1 aromatic heterocycles. The quantitative estimate of drug-likeness (QED) is 0.837. The number of carbonyl (C=O) groups is 1. The maximum Gasteiger partial charge on any atom is 0.341 e. The summed E-state index contributed by atoms with van der Waals surface area (Å²) >= 11 is 0. The molecule has 0 aliphatic carbocycles. The largest absolute Gasteiger partial charge is 0.495 e. The van der Waals surface area contributed by atoms with Gasteiger partial charge in [0.25, 0.3) is 10.0 Å². The molecular weight excluding hydrogens is 320 g/mol. The van der Waals surface area contributed by atoms with E-state index < -0.39 is 16.0 Å². The molecule has 0 saturated carbocycles. The highest BCUT2D eigenvalue weighted by Gasteiger charge is 2.24. The molecule has 1 heterocycles. The van der Waals surface area contributed by atoms with Gasteiger partial charge in [-0.05, 0) is 30.2 Å². The van der Waals surface area contributed by atoms with E-state index in [-0.39, 0.29) is 22.0 Å². The lowest BCUT2D eigenvalue weighted by atomic mass is 10.0. The minimum atomic E-state index is -3.99. The van der Waals surface area contributed by atoms with E-state index in [9.17, 15) is 18.3 Å². The summed E-state index contributed by atoms with van der Waals surface area (Å²) in [6.07, 6.45) is 1.89. The number of carboxylic acid groups (broad SMARTS) is 1. The van der Waals surface area contributed by atoms with E-state index >= 15 is 0 Å². The molecule has 0 amide bonds. The zero-order valence-electron chi connectivity index (χ0n) is 12.6. The molecule has 8 heteroatoms. The molecule has 2 N–H and O–H groups in total. The maximum atomic E-state index is 12.3. The molecule has 122 valence electrons. The number of hydrogen-bond donors (Lipinski definition) is 2. The van der Waals surface area contributed by atoms with Crippen molar-refractivity contribution in [3.8, 4) is 5.75 Å². The first kappa shape index (κ1) is 16.8. The van der Waals surface area contributed by atoms with Crippen LogP contribution in [0, 0.1) is 0 Å². The average molecular weight is 336 g/mol. The SMILES string of the molecule is CCc1ccc(NS(=O)(=O)c2ccccn2)c(C(=O)O)c1OC. The minimum Gasteiger partial charge on any atom is -0.495 e. The van der Waals surface area contributed by atoms with Crippen molar-refractivity contribution in [3.63, 3.8) is 0 Å². The molecule has 0 fully saturated rings. The highest BCUT2D eigenvalue weighted by atomic mass is 32.2. The number of aromatic carboxylic acids is 1. The van der Waals surface area contributed by atoms with Gasteiger partial charge in [-0.1, -0.05) is 19.1 Å². The topological polar surface area (TPSA) is 106 Å². The fraction of sp³-hybridized carbons (Fsp3) is 0.200. The van der Waals surface area contributed by atoms with Crippen LogP contribution >= 0.6 is 0 Å². The summed E-state index contributed by atoms with van der Waals surface area (Å²) in [5, 5.41) is 9.24. The van der Waals surface area contributed by atoms with Crippen LogP contribution in [0.5, 0.6) is 5.75 Å². The number of rotatable bonds is 6. The number of methoxy groups -OCH3 is 1. The van der Waals surface area contributed by atoms with Gasteiger partial charge in [0.15, 0.2) is 5.03 Å². The molecule has 7 nitrogen and oxygen atoms in total. The predicted molar refractivity (Wildman–Crippen MR) is 84.4 cm³/mol. The number of nitrogens with zero attached hydrogens (tertiary/aromatic N) is 1. The van der Waals surface area contributed by atoms with E-state index in [4.69, 9.17) is 4.74 Å². The molecule has 0 unspecified atom stereocenters. The lowest BCUT2D eigenvalue weighted by Crippen LogP contribution is -2.17. The van der Waals surface area contributed by atoms with E-state index in [2.05, 4.69) is 9.71 Å². The number of hydrogen-bond acceptors (Lipinski definition) is 5. The lowest BCUT2D eigenvalue weighted by Gasteiger charge is -2.15. The van der Waals surface area contributed by atoms with Crippen molar-refractivity contribution < 1.29 is 23.1 Å².